The zero-order chi connectivity index (χ0) is 25.7. The van der Waals surface area contributed by atoms with E-state index in [1.54, 1.807) is 48.8 Å². The van der Waals surface area contributed by atoms with Crippen molar-refractivity contribution >= 4 is 17.4 Å². The molecule has 0 unspecified atom stereocenters. The summed E-state index contributed by atoms with van der Waals surface area (Å²) in [4.78, 5) is 31.8. The van der Waals surface area contributed by atoms with Gasteiger partial charge in [-0.05, 0) is 53.9 Å². The first-order valence-corrected chi connectivity index (χ1v) is 11.7. The number of rotatable bonds is 9. The summed E-state index contributed by atoms with van der Waals surface area (Å²) in [7, 11) is 1.33. The van der Waals surface area contributed by atoms with Crippen LogP contribution in [0.4, 0.5) is 4.39 Å². The predicted molar refractivity (Wildman–Crippen MR) is 132 cm³/mol. The Hall–Kier alpha value is -4.20. The standard InChI is InChI=1S/C28H27FN2O5/c1-3-4-14-36-21-10-7-19(8-11-21)25-24(26(32)20-9-12-23(35-2)22(29)15-20)27(33)28(34)31(25)17-18-6-5-13-30-16-18/h5-13,15-16,25,32H,3-4,14,17H2,1-2H3/t25-/m0/s1. The summed E-state index contributed by atoms with van der Waals surface area (Å²) in [5.74, 6) is -2.11. The first kappa shape index (κ1) is 24.9. The van der Waals surface area contributed by atoms with E-state index >= 15 is 0 Å². The molecule has 2 heterocycles. The van der Waals surface area contributed by atoms with Crippen LogP contribution in [-0.2, 0) is 16.1 Å². The van der Waals surface area contributed by atoms with Crippen LogP contribution >= 0.6 is 0 Å². The molecule has 0 bridgehead atoms. The van der Waals surface area contributed by atoms with Crippen molar-refractivity contribution in [3.8, 4) is 11.5 Å². The van der Waals surface area contributed by atoms with E-state index in [1.807, 2.05) is 0 Å². The number of methoxy groups -OCH3 is 1. The normalized spacial score (nSPS) is 16.9. The van der Waals surface area contributed by atoms with Gasteiger partial charge >= 0.3 is 0 Å². The predicted octanol–water partition coefficient (Wildman–Crippen LogP) is 5.03. The number of aromatic nitrogens is 1. The Morgan fingerprint density at radius 2 is 1.92 bits per heavy atom. The molecule has 7 nitrogen and oxygen atoms in total. The molecular formula is C28H27FN2O5. The quantitative estimate of drug-likeness (QED) is 0.196. The second-order valence-corrected chi connectivity index (χ2v) is 8.41. The fraction of sp³-hybridized carbons (Fsp3) is 0.250. The number of aliphatic hydroxyl groups excluding tert-OH is 1. The van der Waals surface area contributed by atoms with Gasteiger partial charge in [-0.1, -0.05) is 31.5 Å². The lowest BCUT2D eigenvalue weighted by Crippen LogP contribution is -2.29. The molecule has 0 radical (unpaired) electrons. The van der Waals surface area contributed by atoms with Crippen molar-refractivity contribution in [3.63, 3.8) is 0 Å². The maximum atomic E-state index is 14.4. The van der Waals surface area contributed by atoms with Crippen LogP contribution in [-0.4, -0.2) is 40.4 Å². The third kappa shape index (κ3) is 5.07. The Morgan fingerprint density at radius 1 is 1.14 bits per heavy atom. The van der Waals surface area contributed by atoms with Crippen molar-refractivity contribution in [2.24, 2.45) is 0 Å². The first-order valence-electron chi connectivity index (χ1n) is 11.7. The summed E-state index contributed by atoms with van der Waals surface area (Å²) in [6, 6.07) is 13.6. The summed E-state index contributed by atoms with van der Waals surface area (Å²) >= 11 is 0. The van der Waals surface area contributed by atoms with Crippen LogP contribution in [0, 0.1) is 5.82 Å². The molecule has 0 spiro atoms. The highest BCUT2D eigenvalue weighted by Crippen LogP contribution is 2.41. The third-order valence-corrected chi connectivity index (χ3v) is 6.00. The molecule has 0 aliphatic carbocycles. The first-order chi connectivity index (χ1) is 17.4. The van der Waals surface area contributed by atoms with E-state index in [2.05, 4.69) is 11.9 Å². The van der Waals surface area contributed by atoms with Crippen LogP contribution in [0.3, 0.4) is 0 Å². The van der Waals surface area contributed by atoms with Gasteiger partial charge in [-0.3, -0.25) is 14.6 Å². The van der Waals surface area contributed by atoms with E-state index in [0.717, 1.165) is 24.5 Å². The van der Waals surface area contributed by atoms with E-state index < -0.39 is 29.3 Å². The molecule has 1 aromatic heterocycles. The molecule has 2 aromatic carbocycles. The van der Waals surface area contributed by atoms with Crippen LogP contribution < -0.4 is 9.47 Å². The molecule has 1 fully saturated rings. The van der Waals surface area contributed by atoms with Gasteiger partial charge in [-0.2, -0.15) is 0 Å². The van der Waals surface area contributed by atoms with E-state index in [1.165, 1.54) is 24.1 Å². The van der Waals surface area contributed by atoms with Gasteiger partial charge in [-0.25, -0.2) is 4.39 Å². The second kappa shape index (κ2) is 11.0. The number of likely N-dealkylation sites (tertiary alicyclic amines) is 1. The average Bonchev–Trinajstić information content (AvgIpc) is 3.14. The molecule has 1 N–H and O–H groups in total. The number of carbonyl (C=O) groups excluding carboxylic acids is 2. The molecule has 3 aromatic rings. The van der Waals surface area contributed by atoms with Crippen molar-refractivity contribution < 1.29 is 28.6 Å². The summed E-state index contributed by atoms with van der Waals surface area (Å²) < 4.78 is 25.1. The van der Waals surface area contributed by atoms with Crippen LogP contribution in [0.15, 0.2) is 72.6 Å². The van der Waals surface area contributed by atoms with Gasteiger partial charge in [0.1, 0.15) is 11.5 Å². The van der Waals surface area contributed by atoms with E-state index in [-0.39, 0.29) is 23.4 Å². The molecule has 4 rings (SSSR count). The lowest BCUT2D eigenvalue weighted by molar-refractivity contribution is -0.140. The number of aliphatic hydroxyl groups is 1. The van der Waals surface area contributed by atoms with Gasteiger partial charge in [0, 0.05) is 24.5 Å². The van der Waals surface area contributed by atoms with Crippen molar-refractivity contribution in [2.45, 2.75) is 32.4 Å². The minimum absolute atomic E-state index is 0.00112. The monoisotopic (exact) mass is 490 g/mol. The van der Waals surface area contributed by atoms with Crippen molar-refractivity contribution in [1.82, 2.24) is 9.88 Å². The lowest BCUT2D eigenvalue weighted by atomic mass is 9.95. The number of Topliss-reactive ketones (excluding diaryl/α,β-unsaturated/α-hetero) is 1. The fourth-order valence-corrected chi connectivity index (χ4v) is 4.13. The molecular weight excluding hydrogens is 463 g/mol. The van der Waals surface area contributed by atoms with Gasteiger partial charge in [0.25, 0.3) is 11.7 Å². The van der Waals surface area contributed by atoms with Crippen molar-refractivity contribution in [2.75, 3.05) is 13.7 Å². The maximum absolute atomic E-state index is 14.4. The Balaban J connectivity index is 1.78. The summed E-state index contributed by atoms with van der Waals surface area (Å²) in [6.45, 7) is 2.76. The number of ether oxygens (including phenoxy) is 2. The number of hydrogen-bond donors (Lipinski definition) is 1. The second-order valence-electron chi connectivity index (χ2n) is 8.41. The van der Waals surface area contributed by atoms with Crippen LogP contribution in [0.5, 0.6) is 11.5 Å². The maximum Gasteiger partial charge on any atom is 0.295 e. The van der Waals surface area contributed by atoms with Gasteiger partial charge in [0.05, 0.1) is 25.3 Å². The topological polar surface area (TPSA) is 89.0 Å². The molecule has 1 saturated heterocycles. The fourth-order valence-electron chi connectivity index (χ4n) is 4.13. The number of hydrogen-bond acceptors (Lipinski definition) is 6. The molecule has 1 aliphatic heterocycles. The lowest BCUT2D eigenvalue weighted by Gasteiger charge is -2.25. The Labute approximate surface area is 208 Å². The van der Waals surface area contributed by atoms with Crippen molar-refractivity contribution in [3.05, 3.63) is 95.1 Å². The molecule has 8 heteroatoms. The minimum atomic E-state index is -0.889. The SMILES string of the molecule is CCCCOc1ccc([C@H]2C(=C(O)c3ccc(OC)c(F)c3)C(=O)C(=O)N2Cc2cccnc2)cc1. The highest BCUT2D eigenvalue weighted by atomic mass is 19.1. The Kier molecular flexibility index (Phi) is 7.63. The number of nitrogens with zero attached hydrogens (tertiary/aromatic N) is 2. The van der Waals surface area contributed by atoms with E-state index in [0.29, 0.717) is 17.9 Å². The van der Waals surface area contributed by atoms with Gasteiger partial charge in [-0.15, -0.1) is 0 Å². The van der Waals surface area contributed by atoms with Crippen molar-refractivity contribution in [1.29, 1.82) is 0 Å². The molecule has 1 amide bonds. The van der Waals surface area contributed by atoms with Crippen LogP contribution in [0.1, 0.15) is 42.5 Å². The summed E-state index contributed by atoms with van der Waals surface area (Å²) in [5.41, 5.74) is 1.28. The van der Waals surface area contributed by atoms with Gasteiger partial charge in [0.15, 0.2) is 11.6 Å². The number of halogens is 1. The molecule has 0 saturated carbocycles. The number of unbranched alkanes of at least 4 members (excludes halogenated alkanes) is 1. The molecule has 1 atom stereocenters. The van der Waals surface area contributed by atoms with Gasteiger partial charge in [0.2, 0.25) is 0 Å². The zero-order valence-electron chi connectivity index (χ0n) is 20.1. The third-order valence-electron chi connectivity index (χ3n) is 6.00. The summed E-state index contributed by atoms with van der Waals surface area (Å²) in [6.07, 6.45) is 5.16. The largest absolute Gasteiger partial charge is 0.507 e. The smallest absolute Gasteiger partial charge is 0.295 e. The molecule has 36 heavy (non-hydrogen) atoms. The van der Waals surface area contributed by atoms with E-state index in [4.69, 9.17) is 9.47 Å². The number of benzene rings is 2. The van der Waals surface area contributed by atoms with Crippen LogP contribution in [0.2, 0.25) is 0 Å². The number of carbonyl (C=O) groups is 2. The molecule has 186 valence electrons. The van der Waals surface area contributed by atoms with Gasteiger partial charge < -0.3 is 19.5 Å². The Morgan fingerprint density at radius 3 is 2.56 bits per heavy atom. The van der Waals surface area contributed by atoms with Crippen LogP contribution in [0.25, 0.3) is 5.76 Å². The molecule has 1 aliphatic rings. The highest BCUT2D eigenvalue weighted by Gasteiger charge is 2.46. The summed E-state index contributed by atoms with van der Waals surface area (Å²) in [5, 5.41) is 11.1. The number of amides is 1. The van der Waals surface area contributed by atoms with E-state index in [9.17, 15) is 19.1 Å². The highest BCUT2D eigenvalue weighted by molar-refractivity contribution is 6.46. The Bertz CT molecular complexity index is 1270. The zero-order valence-corrected chi connectivity index (χ0v) is 20.1. The minimum Gasteiger partial charge on any atom is -0.507 e. The number of pyridine rings is 1. The average molecular weight is 491 g/mol. The number of ketones is 1.